The summed E-state index contributed by atoms with van der Waals surface area (Å²) in [5.74, 6) is -1.73. The molecule has 0 spiro atoms. The number of carboxylic acid groups (broad SMARTS) is 1. The molecule has 0 aliphatic heterocycles. The maximum atomic E-state index is 10.1. The molecule has 0 saturated heterocycles. The Hall–Kier alpha value is -0.187. The van der Waals surface area contributed by atoms with Gasteiger partial charge in [-0.05, 0) is 0 Å². The van der Waals surface area contributed by atoms with Crippen LogP contribution in [0, 0.1) is 0 Å². The Labute approximate surface area is 103 Å². The summed E-state index contributed by atoms with van der Waals surface area (Å²) in [6.45, 7) is -0.843. The van der Waals surface area contributed by atoms with Gasteiger partial charge in [-0.2, -0.15) is 0 Å². The number of rotatable bonds is 5. The van der Waals surface area contributed by atoms with Gasteiger partial charge < -0.3 is 41.6 Å². The maximum absolute atomic E-state index is 10.1. The van der Waals surface area contributed by atoms with Gasteiger partial charge in [-0.1, -0.05) is 0 Å². The summed E-state index contributed by atoms with van der Waals surface area (Å²) in [6, 6.07) is 0. The van der Waals surface area contributed by atoms with Crippen LogP contribution in [-0.4, -0.2) is 78.6 Å². The smallest absolute Gasteiger partial charge is 0.335 e. The first-order valence-electron chi connectivity index (χ1n) is 3.47. The third kappa shape index (κ3) is 7.15. The Morgan fingerprint density at radius 1 is 1.00 bits per heavy atom. The molecule has 0 aliphatic rings. The number of carboxylic acids is 1. The number of hydrogen-bond donors (Lipinski definition) is 6. The van der Waals surface area contributed by atoms with E-state index in [0.29, 0.717) is 0 Å². The van der Waals surface area contributed by atoms with Gasteiger partial charge in [0.25, 0.3) is 0 Å². The number of aliphatic hydroxyl groups is 5. The van der Waals surface area contributed by atoms with Gasteiger partial charge in [0, 0.05) is 19.5 Å². The van der Waals surface area contributed by atoms with Crippen LogP contribution in [-0.2, 0) is 24.3 Å². The average Bonchev–Trinajstić information content (AvgIpc) is 2.12. The summed E-state index contributed by atoms with van der Waals surface area (Å²) in [4.78, 5) is 10.1. The third-order valence-corrected chi connectivity index (χ3v) is 1.51. The minimum absolute atomic E-state index is 0. The van der Waals surface area contributed by atoms with Gasteiger partial charge in [0.2, 0.25) is 0 Å². The molecule has 0 rings (SSSR count). The maximum Gasteiger partial charge on any atom is 0.335 e. The Morgan fingerprint density at radius 3 is 1.62 bits per heavy atom. The van der Waals surface area contributed by atoms with Crippen molar-refractivity contribution in [2.45, 2.75) is 24.4 Å². The van der Waals surface area contributed by atoms with Crippen LogP contribution in [0.5, 0.6) is 0 Å². The molecule has 0 bridgehead atoms. The van der Waals surface area contributed by atoms with Crippen molar-refractivity contribution >= 4 is 5.97 Å². The first-order valence-corrected chi connectivity index (χ1v) is 3.47. The van der Waals surface area contributed by atoms with Crippen molar-refractivity contribution in [3.8, 4) is 0 Å². The van der Waals surface area contributed by atoms with Gasteiger partial charge in [0.15, 0.2) is 6.10 Å². The number of hydrogen-bond acceptors (Lipinski definition) is 6. The molecule has 4 atom stereocenters. The molecular formula is C6H16O9Zn. The van der Waals surface area contributed by atoms with Crippen LogP contribution in [0.15, 0.2) is 0 Å². The van der Waals surface area contributed by atoms with E-state index in [2.05, 4.69) is 0 Å². The summed E-state index contributed by atoms with van der Waals surface area (Å²) in [5.41, 5.74) is 0. The molecule has 0 aromatic carbocycles. The van der Waals surface area contributed by atoms with Crippen molar-refractivity contribution in [1.82, 2.24) is 0 Å². The number of aliphatic hydroxyl groups excluding tert-OH is 5. The van der Waals surface area contributed by atoms with Crippen LogP contribution >= 0.6 is 0 Å². The molecule has 0 aromatic rings. The van der Waals surface area contributed by atoms with E-state index in [9.17, 15) is 4.79 Å². The zero-order valence-electron chi connectivity index (χ0n) is 8.32. The van der Waals surface area contributed by atoms with E-state index in [4.69, 9.17) is 30.6 Å². The standard InChI is InChI=1S/C6H12O7.2H2O.Zn/c7-1-2(8)3(9)4(10)5(11)6(12)13;;;/h2-5,7-11H,1H2,(H,12,13);2*1H2;. The Balaban J connectivity index is -0.000000240. The van der Waals surface area contributed by atoms with Crippen molar-refractivity contribution in [1.29, 1.82) is 0 Å². The SMILES string of the molecule is O.O.O=C(O)C(O)C(O)C(O)C(O)CO.[Zn]. The van der Waals surface area contributed by atoms with Crippen LogP contribution in [0.2, 0.25) is 0 Å². The second-order valence-electron chi connectivity index (χ2n) is 2.51. The monoisotopic (exact) mass is 296 g/mol. The van der Waals surface area contributed by atoms with E-state index in [-0.39, 0.29) is 30.4 Å². The van der Waals surface area contributed by atoms with Gasteiger partial charge in [-0.3, -0.25) is 0 Å². The predicted octanol–water partition coefficient (Wildman–Crippen LogP) is -5.14. The summed E-state index contributed by atoms with van der Waals surface area (Å²) in [6.07, 6.45) is -7.84. The third-order valence-electron chi connectivity index (χ3n) is 1.51. The molecule has 9 nitrogen and oxygen atoms in total. The Kier molecular flexibility index (Phi) is 17.6. The molecule has 16 heavy (non-hydrogen) atoms. The van der Waals surface area contributed by atoms with E-state index in [1.165, 1.54) is 0 Å². The first-order chi connectivity index (χ1) is 5.91. The topological polar surface area (TPSA) is 201 Å². The molecule has 10 N–H and O–H groups in total. The minimum Gasteiger partial charge on any atom is -0.479 e. The zero-order valence-corrected chi connectivity index (χ0v) is 11.3. The van der Waals surface area contributed by atoms with E-state index < -0.39 is 37.0 Å². The van der Waals surface area contributed by atoms with Crippen molar-refractivity contribution < 1.29 is 65.9 Å². The molecule has 4 unspecified atom stereocenters. The number of aliphatic carboxylic acids is 1. The summed E-state index contributed by atoms with van der Waals surface area (Å²) in [5, 5.41) is 51.8. The van der Waals surface area contributed by atoms with E-state index in [1.54, 1.807) is 0 Å². The summed E-state index contributed by atoms with van der Waals surface area (Å²) >= 11 is 0. The van der Waals surface area contributed by atoms with Crippen LogP contribution < -0.4 is 0 Å². The van der Waals surface area contributed by atoms with E-state index >= 15 is 0 Å². The molecule has 0 amide bonds. The Bertz CT molecular complexity index is 177. The largest absolute Gasteiger partial charge is 0.479 e. The molecule has 0 aliphatic carbocycles. The Morgan fingerprint density at radius 2 is 1.38 bits per heavy atom. The van der Waals surface area contributed by atoms with E-state index in [0.717, 1.165) is 0 Å². The predicted molar refractivity (Wildman–Crippen MR) is 46.0 cm³/mol. The minimum atomic E-state index is -2.20. The quantitative estimate of drug-likeness (QED) is 0.272. The van der Waals surface area contributed by atoms with Gasteiger partial charge >= 0.3 is 5.97 Å². The molecule has 0 fully saturated rings. The van der Waals surface area contributed by atoms with Crippen LogP contribution in [0.25, 0.3) is 0 Å². The second kappa shape index (κ2) is 11.3. The van der Waals surface area contributed by atoms with Crippen molar-refractivity contribution in [2.24, 2.45) is 0 Å². The van der Waals surface area contributed by atoms with Crippen molar-refractivity contribution in [3.05, 3.63) is 0 Å². The average molecular weight is 298 g/mol. The number of carbonyl (C=O) groups is 1. The second-order valence-corrected chi connectivity index (χ2v) is 2.51. The molecule has 0 radical (unpaired) electrons. The fourth-order valence-electron chi connectivity index (χ4n) is 0.668. The van der Waals surface area contributed by atoms with Crippen molar-refractivity contribution in [3.63, 3.8) is 0 Å². The molecule has 0 aromatic heterocycles. The van der Waals surface area contributed by atoms with Gasteiger partial charge in [0.05, 0.1) is 6.61 Å². The van der Waals surface area contributed by atoms with E-state index in [1.807, 2.05) is 0 Å². The molecule has 96 valence electrons. The molecule has 0 heterocycles. The van der Waals surface area contributed by atoms with Gasteiger partial charge in [-0.15, -0.1) is 0 Å². The van der Waals surface area contributed by atoms with Crippen LogP contribution in [0.3, 0.4) is 0 Å². The van der Waals surface area contributed by atoms with Crippen LogP contribution in [0.1, 0.15) is 0 Å². The van der Waals surface area contributed by atoms with Crippen LogP contribution in [0.4, 0.5) is 0 Å². The molecule has 0 saturated carbocycles. The molecular weight excluding hydrogens is 281 g/mol. The van der Waals surface area contributed by atoms with Crippen molar-refractivity contribution in [2.75, 3.05) is 6.61 Å². The summed E-state index contributed by atoms with van der Waals surface area (Å²) in [7, 11) is 0. The fourth-order valence-corrected chi connectivity index (χ4v) is 0.668. The fraction of sp³-hybridized carbons (Fsp3) is 0.833. The first kappa shape index (κ1) is 24.9. The van der Waals surface area contributed by atoms with Gasteiger partial charge in [0.1, 0.15) is 18.3 Å². The summed E-state index contributed by atoms with van der Waals surface area (Å²) < 4.78 is 0. The zero-order chi connectivity index (χ0) is 10.6. The molecule has 10 heteroatoms. The normalized spacial score (nSPS) is 16.6. The van der Waals surface area contributed by atoms with Gasteiger partial charge in [-0.25, -0.2) is 4.79 Å².